The van der Waals surface area contributed by atoms with E-state index in [-0.39, 0.29) is 5.75 Å². The second-order valence-electron chi connectivity index (χ2n) is 5.98. The van der Waals surface area contributed by atoms with Crippen LogP contribution in [0.25, 0.3) is 5.69 Å². The molecule has 0 amide bonds. The molecule has 22 heavy (non-hydrogen) atoms. The van der Waals surface area contributed by atoms with Gasteiger partial charge in [0.05, 0.1) is 23.7 Å². The molecule has 1 aromatic carbocycles. The largest absolute Gasteiger partial charge is 0.237 e. The molecule has 0 spiro atoms. The first-order valence-corrected chi connectivity index (χ1v) is 9.39. The highest BCUT2D eigenvalue weighted by molar-refractivity contribution is 7.89. The van der Waals surface area contributed by atoms with Gasteiger partial charge in [-0.2, -0.15) is 9.40 Å². The zero-order chi connectivity index (χ0) is 15.2. The molecule has 2 heterocycles. The summed E-state index contributed by atoms with van der Waals surface area (Å²) in [6.45, 7) is 1.04. The molecule has 1 fully saturated rings. The molecule has 1 aliphatic heterocycles. The highest BCUT2D eigenvalue weighted by Crippen LogP contribution is 2.29. The summed E-state index contributed by atoms with van der Waals surface area (Å²) < 4.78 is 27.7. The number of para-hydroxylation sites is 1. The van der Waals surface area contributed by atoms with E-state index in [0.717, 1.165) is 37.1 Å². The van der Waals surface area contributed by atoms with Crippen LogP contribution in [0.2, 0.25) is 0 Å². The number of hydrogen-bond acceptors (Lipinski definition) is 3. The second kappa shape index (κ2) is 5.21. The van der Waals surface area contributed by atoms with Gasteiger partial charge in [-0.3, -0.25) is 0 Å². The lowest BCUT2D eigenvalue weighted by molar-refractivity contribution is 0.432. The SMILES string of the molecule is O=S1(=O)CCCN1Cc1nn(-c2ccccc2)c2c1CCC2. The Bertz CT molecular complexity index is 796. The number of sulfonamides is 1. The predicted molar refractivity (Wildman–Crippen MR) is 84.4 cm³/mol. The fraction of sp³-hybridized carbons (Fsp3) is 0.438. The predicted octanol–water partition coefficient (Wildman–Crippen LogP) is 1.90. The molecule has 1 saturated heterocycles. The maximum atomic E-state index is 12.0. The summed E-state index contributed by atoms with van der Waals surface area (Å²) >= 11 is 0. The molecule has 0 saturated carbocycles. The van der Waals surface area contributed by atoms with E-state index in [1.54, 1.807) is 4.31 Å². The van der Waals surface area contributed by atoms with E-state index < -0.39 is 10.0 Å². The minimum atomic E-state index is -3.07. The molecule has 0 unspecified atom stereocenters. The van der Waals surface area contributed by atoms with Crippen LogP contribution < -0.4 is 0 Å². The zero-order valence-corrected chi connectivity index (χ0v) is 13.2. The maximum Gasteiger partial charge on any atom is 0.214 e. The van der Waals surface area contributed by atoms with Crippen LogP contribution in [0, 0.1) is 0 Å². The van der Waals surface area contributed by atoms with E-state index in [1.807, 2.05) is 35.0 Å². The molecule has 2 aromatic rings. The van der Waals surface area contributed by atoms with Gasteiger partial charge in [0.15, 0.2) is 0 Å². The maximum absolute atomic E-state index is 12.0. The van der Waals surface area contributed by atoms with Crippen LogP contribution in [-0.4, -0.2) is 34.8 Å². The van der Waals surface area contributed by atoms with Crippen LogP contribution in [0.3, 0.4) is 0 Å². The van der Waals surface area contributed by atoms with Gasteiger partial charge in [0.1, 0.15) is 0 Å². The number of hydrogen-bond donors (Lipinski definition) is 0. The number of rotatable bonds is 3. The molecular weight excluding hydrogens is 298 g/mol. The Kier molecular flexibility index (Phi) is 3.31. The molecule has 5 nitrogen and oxygen atoms in total. The molecule has 1 aromatic heterocycles. The van der Waals surface area contributed by atoms with E-state index in [2.05, 4.69) is 0 Å². The minimum Gasteiger partial charge on any atom is -0.237 e. The van der Waals surface area contributed by atoms with Crippen molar-refractivity contribution in [2.45, 2.75) is 32.2 Å². The molecule has 0 bridgehead atoms. The van der Waals surface area contributed by atoms with E-state index in [1.165, 1.54) is 11.3 Å². The summed E-state index contributed by atoms with van der Waals surface area (Å²) in [5.41, 5.74) is 4.49. The highest BCUT2D eigenvalue weighted by atomic mass is 32.2. The average Bonchev–Trinajstić information content (AvgIpc) is 3.18. The monoisotopic (exact) mass is 317 g/mol. The Morgan fingerprint density at radius 2 is 1.91 bits per heavy atom. The Labute approximate surface area is 130 Å². The fourth-order valence-electron chi connectivity index (χ4n) is 3.46. The van der Waals surface area contributed by atoms with Crippen LogP contribution in [0.1, 0.15) is 29.8 Å². The Hall–Kier alpha value is -1.66. The minimum absolute atomic E-state index is 0.272. The molecule has 0 N–H and O–H groups in total. The first-order chi connectivity index (χ1) is 10.6. The van der Waals surface area contributed by atoms with Gasteiger partial charge in [-0.15, -0.1) is 0 Å². The van der Waals surface area contributed by atoms with Crippen molar-refractivity contribution >= 4 is 10.0 Å². The number of benzene rings is 1. The van der Waals surface area contributed by atoms with E-state index >= 15 is 0 Å². The Balaban J connectivity index is 1.73. The summed E-state index contributed by atoms with van der Waals surface area (Å²) in [5.74, 6) is 0.272. The second-order valence-corrected chi connectivity index (χ2v) is 8.06. The van der Waals surface area contributed by atoms with Crippen molar-refractivity contribution in [1.29, 1.82) is 0 Å². The van der Waals surface area contributed by atoms with Crippen LogP contribution in [0.4, 0.5) is 0 Å². The summed E-state index contributed by atoms with van der Waals surface area (Å²) in [7, 11) is -3.07. The summed E-state index contributed by atoms with van der Waals surface area (Å²) in [4.78, 5) is 0. The van der Waals surface area contributed by atoms with Gasteiger partial charge >= 0.3 is 0 Å². The Morgan fingerprint density at radius 1 is 1.09 bits per heavy atom. The number of fused-ring (bicyclic) bond motifs is 1. The molecule has 4 rings (SSSR count). The van der Waals surface area contributed by atoms with Crippen LogP contribution >= 0.6 is 0 Å². The lowest BCUT2D eigenvalue weighted by Gasteiger charge is -2.13. The van der Waals surface area contributed by atoms with Gasteiger partial charge in [0, 0.05) is 12.2 Å². The number of nitrogens with zero attached hydrogens (tertiary/aromatic N) is 3. The molecule has 116 valence electrons. The first-order valence-electron chi connectivity index (χ1n) is 7.78. The fourth-order valence-corrected chi connectivity index (χ4v) is 4.94. The zero-order valence-electron chi connectivity index (χ0n) is 12.4. The van der Waals surface area contributed by atoms with Crippen molar-refractivity contribution in [3.8, 4) is 5.69 Å². The van der Waals surface area contributed by atoms with Crippen molar-refractivity contribution in [3.05, 3.63) is 47.3 Å². The molecule has 0 radical (unpaired) electrons. The van der Waals surface area contributed by atoms with Gasteiger partial charge < -0.3 is 0 Å². The summed E-state index contributed by atoms with van der Waals surface area (Å²) in [6.07, 6.45) is 3.87. The topological polar surface area (TPSA) is 55.2 Å². The normalized spacial score (nSPS) is 20.4. The van der Waals surface area contributed by atoms with Gasteiger partial charge in [0.25, 0.3) is 0 Å². The van der Waals surface area contributed by atoms with E-state index in [9.17, 15) is 8.42 Å². The third-order valence-corrected chi connectivity index (χ3v) is 6.45. The average molecular weight is 317 g/mol. The third kappa shape index (κ3) is 2.27. The van der Waals surface area contributed by atoms with Gasteiger partial charge in [-0.05, 0) is 43.4 Å². The highest BCUT2D eigenvalue weighted by Gasteiger charge is 2.31. The smallest absolute Gasteiger partial charge is 0.214 e. The van der Waals surface area contributed by atoms with Crippen molar-refractivity contribution in [2.24, 2.45) is 0 Å². The summed E-state index contributed by atoms with van der Waals surface area (Å²) in [5, 5.41) is 4.74. The summed E-state index contributed by atoms with van der Waals surface area (Å²) in [6, 6.07) is 10.1. The molecular formula is C16H19N3O2S. The van der Waals surface area contributed by atoms with Crippen LogP contribution in [-0.2, 0) is 29.4 Å². The first kappa shape index (κ1) is 14.0. The van der Waals surface area contributed by atoms with Crippen molar-refractivity contribution in [3.63, 3.8) is 0 Å². The van der Waals surface area contributed by atoms with Crippen molar-refractivity contribution in [2.75, 3.05) is 12.3 Å². The van der Waals surface area contributed by atoms with Crippen molar-refractivity contribution < 1.29 is 8.42 Å². The van der Waals surface area contributed by atoms with Crippen LogP contribution in [0.15, 0.2) is 30.3 Å². The van der Waals surface area contributed by atoms with Gasteiger partial charge in [-0.1, -0.05) is 18.2 Å². The molecule has 6 heteroatoms. The van der Waals surface area contributed by atoms with E-state index in [0.29, 0.717) is 13.1 Å². The van der Waals surface area contributed by atoms with Gasteiger partial charge in [-0.25, -0.2) is 13.1 Å². The lowest BCUT2D eigenvalue weighted by Crippen LogP contribution is -2.25. The standard InChI is InChI=1S/C16H19N3O2S/c20-22(21)11-5-10-18(22)12-15-14-8-4-9-16(14)19(17-15)13-6-2-1-3-7-13/h1-3,6-7H,4-5,8-12H2. The quantitative estimate of drug-likeness (QED) is 0.869. The third-order valence-electron chi connectivity index (χ3n) is 4.54. The van der Waals surface area contributed by atoms with Crippen molar-refractivity contribution in [1.82, 2.24) is 14.1 Å². The number of aromatic nitrogens is 2. The molecule has 0 atom stereocenters. The van der Waals surface area contributed by atoms with Crippen LogP contribution in [0.5, 0.6) is 0 Å². The molecule has 1 aliphatic carbocycles. The molecule has 2 aliphatic rings. The van der Waals surface area contributed by atoms with Gasteiger partial charge in [0.2, 0.25) is 10.0 Å². The van der Waals surface area contributed by atoms with E-state index in [4.69, 9.17) is 5.10 Å². The lowest BCUT2D eigenvalue weighted by atomic mass is 10.2. The Morgan fingerprint density at radius 3 is 2.64 bits per heavy atom.